The van der Waals surface area contributed by atoms with Crippen LogP contribution in [0.15, 0.2) is 18.5 Å². The Morgan fingerprint density at radius 1 is 1.53 bits per heavy atom. The molecule has 0 radical (unpaired) electrons. The van der Waals surface area contributed by atoms with Gasteiger partial charge in [0, 0.05) is 12.7 Å². The van der Waals surface area contributed by atoms with Gasteiger partial charge in [-0.2, -0.15) is 0 Å². The van der Waals surface area contributed by atoms with Gasteiger partial charge in [-0.25, -0.2) is 13.6 Å². The van der Waals surface area contributed by atoms with Gasteiger partial charge in [0.25, 0.3) is 5.91 Å². The molecule has 94 valence electrons. The van der Waals surface area contributed by atoms with Gasteiger partial charge >= 0.3 is 0 Å². The Hall–Kier alpha value is -1.67. The molecule has 8 heteroatoms. The average molecular weight is 259 g/mol. The third-order valence-electron chi connectivity index (χ3n) is 1.94. The second-order valence-corrected chi connectivity index (χ2v) is 5.10. The minimum atomic E-state index is -3.51. The molecular weight excluding hydrogens is 246 g/mol. The molecule has 7 nitrogen and oxygen atoms in total. The van der Waals surface area contributed by atoms with Crippen LogP contribution in [-0.4, -0.2) is 36.7 Å². The fraction of sp³-hybridized carbons (Fsp3) is 0.333. The predicted molar refractivity (Wildman–Crippen MR) is 60.8 cm³/mol. The maximum atomic E-state index is 11.5. The van der Waals surface area contributed by atoms with Crippen LogP contribution in [0.25, 0.3) is 0 Å². The summed E-state index contributed by atoms with van der Waals surface area (Å²) in [5.74, 6) is -0.911. The largest absolute Gasteiger partial charge is 0.505 e. The van der Waals surface area contributed by atoms with Crippen molar-refractivity contribution in [2.45, 2.75) is 6.42 Å². The molecule has 0 aliphatic carbocycles. The summed E-state index contributed by atoms with van der Waals surface area (Å²) in [7, 11) is -3.51. The highest BCUT2D eigenvalue weighted by Gasteiger charge is 2.10. The van der Waals surface area contributed by atoms with Crippen molar-refractivity contribution >= 4 is 15.9 Å². The summed E-state index contributed by atoms with van der Waals surface area (Å²) in [4.78, 5) is 15.1. The number of rotatable bonds is 5. The topological polar surface area (TPSA) is 122 Å². The second-order valence-electron chi connectivity index (χ2n) is 3.37. The quantitative estimate of drug-likeness (QED) is 0.597. The van der Waals surface area contributed by atoms with Crippen LogP contribution in [0.2, 0.25) is 0 Å². The number of primary sulfonamides is 1. The third-order valence-corrected chi connectivity index (χ3v) is 2.79. The Morgan fingerprint density at radius 2 is 2.24 bits per heavy atom. The lowest BCUT2D eigenvalue weighted by Gasteiger charge is -2.05. The standard InChI is InChI=1S/C9H13N3O4S/c10-17(15,16)5-1-3-12-9(14)7-2-4-11-6-8(7)13/h2,4,6,13H,1,3,5H2,(H,12,14)(H2,10,15,16). The maximum absolute atomic E-state index is 11.5. The molecule has 0 fully saturated rings. The molecule has 0 aliphatic heterocycles. The highest BCUT2D eigenvalue weighted by atomic mass is 32.2. The minimum absolute atomic E-state index is 0.0932. The molecule has 0 saturated heterocycles. The summed E-state index contributed by atoms with van der Waals surface area (Å²) >= 11 is 0. The van der Waals surface area contributed by atoms with Gasteiger partial charge in [0.1, 0.15) is 5.75 Å². The number of hydrogen-bond acceptors (Lipinski definition) is 5. The zero-order valence-corrected chi connectivity index (χ0v) is 9.77. The van der Waals surface area contributed by atoms with Crippen molar-refractivity contribution in [2.24, 2.45) is 5.14 Å². The third kappa shape index (κ3) is 4.79. The van der Waals surface area contributed by atoms with Crippen LogP contribution in [0, 0.1) is 0 Å². The first-order valence-electron chi connectivity index (χ1n) is 4.82. The number of nitrogens with one attached hydrogen (secondary N) is 1. The molecule has 0 saturated carbocycles. The number of hydrogen-bond donors (Lipinski definition) is 3. The van der Waals surface area contributed by atoms with E-state index in [9.17, 15) is 18.3 Å². The van der Waals surface area contributed by atoms with E-state index in [1.54, 1.807) is 0 Å². The van der Waals surface area contributed by atoms with Gasteiger partial charge in [-0.1, -0.05) is 0 Å². The summed E-state index contributed by atoms with van der Waals surface area (Å²) in [6.07, 6.45) is 2.74. The molecule has 1 heterocycles. The second kappa shape index (κ2) is 5.60. The van der Waals surface area contributed by atoms with Gasteiger partial charge in [-0.15, -0.1) is 0 Å². The first kappa shape index (κ1) is 13.4. The lowest BCUT2D eigenvalue weighted by molar-refractivity contribution is 0.0951. The molecule has 17 heavy (non-hydrogen) atoms. The smallest absolute Gasteiger partial charge is 0.255 e. The van der Waals surface area contributed by atoms with E-state index in [1.165, 1.54) is 12.3 Å². The Labute approximate surface area is 98.7 Å². The molecule has 1 aromatic heterocycles. The van der Waals surface area contributed by atoms with Gasteiger partial charge in [-0.05, 0) is 12.5 Å². The van der Waals surface area contributed by atoms with Crippen molar-refractivity contribution in [2.75, 3.05) is 12.3 Å². The molecule has 0 atom stereocenters. The number of amides is 1. The molecule has 1 amide bonds. The normalized spacial score (nSPS) is 11.1. The van der Waals surface area contributed by atoms with Gasteiger partial charge in [-0.3, -0.25) is 9.78 Å². The Morgan fingerprint density at radius 3 is 2.82 bits per heavy atom. The van der Waals surface area contributed by atoms with E-state index >= 15 is 0 Å². The first-order chi connectivity index (χ1) is 7.90. The SMILES string of the molecule is NS(=O)(=O)CCCNC(=O)c1ccncc1O. The molecule has 0 aliphatic rings. The van der Waals surface area contributed by atoms with Crippen molar-refractivity contribution in [1.82, 2.24) is 10.3 Å². The summed E-state index contributed by atoms with van der Waals surface area (Å²) in [5, 5.41) is 16.6. The number of carbonyl (C=O) groups excluding carboxylic acids is 1. The monoisotopic (exact) mass is 259 g/mol. The molecule has 0 aromatic carbocycles. The zero-order chi connectivity index (χ0) is 12.9. The summed E-state index contributed by atoms with van der Waals surface area (Å²) < 4.78 is 21.2. The number of sulfonamides is 1. The van der Waals surface area contributed by atoms with E-state index in [0.717, 1.165) is 6.20 Å². The molecular formula is C9H13N3O4S. The Bertz CT molecular complexity index is 501. The Balaban J connectivity index is 2.44. The fourth-order valence-electron chi connectivity index (χ4n) is 1.15. The van der Waals surface area contributed by atoms with Gasteiger partial charge in [0.05, 0.1) is 17.5 Å². The lowest BCUT2D eigenvalue weighted by atomic mass is 10.2. The number of carbonyl (C=O) groups is 1. The van der Waals surface area contributed by atoms with E-state index in [0.29, 0.717) is 0 Å². The van der Waals surface area contributed by atoms with E-state index in [1.807, 2.05) is 0 Å². The molecule has 0 spiro atoms. The summed E-state index contributed by atoms with van der Waals surface area (Å²) in [6.45, 7) is 0.164. The van der Waals surface area contributed by atoms with Crippen LogP contribution in [-0.2, 0) is 10.0 Å². The predicted octanol–water partition coefficient (Wildman–Crippen LogP) is -0.804. The molecule has 0 bridgehead atoms. The minimum Gasteiger partial charge on any atom is -0.505 e. The van der Waals surface area contributed by atoms with Crippen molar-refractivity contribution in [3.05, 3.63) is 24.0 Å². The van der Waals surface area contributed by atoms with Crippen LogP contribution in [0.1, 0.15) is 16.8 Å². The van der Waals surface area contributed by atoms with Crippen LogP contribution in [0.5, 0.6) is 5.75 Å². The number of nitrogens with zero attached hydrogens (tertiary/aromatic N) is 1. The highest BCUT2D eigenvalue weighted by molar-refractivity contribution is 7.89. The van der Waals surface area contributed by atoms with Crippen LogP contribution < -0.4 is 10.5 Å². The Kier molecular flexibility index (Phi) is 4.41. The zero-order valence-electron chi connectivity index (χ0n) is 8.96. The van der Waals surface area contributed by atoms with Crippen molar-refractivity contribution in [3.63, 3.8) is 0 Å². The van der Waals surface area contributed by atoms with E-state index in [4.69, 9.17) is 5.14 Å². The van der Waals surface area contributed by atoms with E-state index < -0.39 is 15.9 Å². The van der Waals surface area contributed by atoms with Gasteiger partial charge < -0.3 is 10.4 Å². The van der Waals surface area contributed by atoms with Crippen LogP contribution >= 0.6 is 0 Å². The average Bonchev–Trinajstić information content (AvgIpc) is 2.23. The lowest BCUT2D eigenvalue weighted by Crippen LogP contribution is -2.27. The molecule has 1 rings (SSSR count). The van der Waals surface area contributed by atoms with Crippen molar-refractivity contribution < 1.29 is 18.3 Å². The first-order valence-corrected chi connectivity index (χ1v) is 6.53. The highest BCUT2D eigenvalue weighted by Crippen LogP contribution is 2.12. The van der Waals surface area contributed by atoms with Crippen molar-refractivity contribution in [3.8, 4) is 5.75 Å². The summed E-state index contributed by atoms with van der Waals surface area (Å²) in [5.41, 5.74) is 0.0932. The molecule has 0 unspecified atom stereocenters. The number of nitrogens with two attached hydrogens (primary N) is 1. The maximum Gasteiger partial charge on any atom is 0.255 e. The van der Waals surface area contributed by atoms with E-state index in [2.05, 4.69) is 10.3 Å². The molecule has 4 N–H and O–H groups in total. The summed E-state index contributed by atoms with van der Waals surface area (Å²) in [6, 6.07) is 1.37. The number of aromatic hydroxyl groups is 1. The molecule has 1 aromatic rings. The number of pyridine rings is 1. The number of aromatic nitrogens is 1. The van der Waals surface area contributed by atoms with Crippen LogP contribution in [0.4, 0.5) is 0 Å². The van der Waals surface area contributed by atoms with E-state index in [-0.39, 0.29) is 30.0 Å². The van der Waals surface area contributed by atoms with Crippen LogP contribution in [0.3, 0.4) is 0 Å². The van der Waals surface area contributed by atoms with Crippen molar-refractivity contribution in [1.29, 1.82) is 0 Å². The van der Waals surface area contributed by atoms with Gasteiger partial charge in [0.15, 0.2) is 0 Å². The van der Waals surface area contributed by atoms with Gasteiger partial charge in [0.2, 0.25) is 10.0 Å². The fourth-order valence-corrected chi connectivity index (χ4v) is 1.70.